The maximum absolute atomic E-state index is 5.99. The van der Waals surface area contributed by atoms with Crippen LogP contribution in [0.1, 0.15) is 23.8 Å². The molecular formula is C9H12BrNOS. The van der Waals surface area contributed by atoms with Crippen LogP contribution in [0.2, 0.25) is 0 Å². The summed E-state index contributed by atoms with van der Waals surface area (Å²) >= 11 is 5.15. The molecule has 1 aromatic rings. The molecule has 0 amide bonds. The van der Waals surface area contributed by atoms with Gasteiger partial charge in [0.05, 0.1) is 3.79 Å². The summed E-state index contributed by atoms with van der Waals surface area (Å²) in [6, 6.07) is 4.30. The second kappa shape index (κ2) is 4.09. The van der Waals surface area contributed by atoms with Crippen LogP contribution >= 0.6 is 27.3 Å². The molecule has 2 rings (SSSR count). The van der Waals surface area contributed by atoms with Gasteiger partial charge in [0.15, 0.2) is 0 Å². The third-order valence-electron chi connectivity index (χ3n) is 2.24. The van der Waals surface area contributed by atoms with Crippen molar-refractivity contribution in [2.45, 2.75) is 25.0 Å². The first-order chi connectivity index (χ1) is 6.27. The fourth-order valence-electron chi connectivity index (χ4n) is 1.58. The smallest absolute Gasteiger partial charge is 0.107 e. The minimum Gasteiger partial charge on any atom is -0.371 e. The molecule has 2 nitrogen and oxygen atoms in total. The summed E-state index contributed by atoms with van der Waals surface area (Å²) in [4.78, 5) is 1.24. The Morgan fingerprint density at radius 1 is 1.54 bits per heavy atom. The molecule has 1 fully saturated rings. The highest BCUT2D eigenvalue weighted by Crippen LogP contribution is 2.33. The van der Waals surface area contributed by atoms with Crippen molar-refractivity contribution in [2.75, 3.05) is 6.61 Å². The Balaban J connectivity index is 2.14. The summed E-state index contributed by atoms with van der Waals surface area (Å²) in [5, 5.41) is 0. The Bertz CT molecular complexity index is 289. The van der Waals surface area contributed by atoms with Gasteiger partial charge in [-0.15, -0.1) is 11.3 Å². The van der Waals surface area contributed by atoms with E-state index in [2.05, 4.69) is 22.0 Å². The molecule has 13 heavy (non-hydrogen) atoms. The largest absolute Gasteiger partial charge is 0.371 e. The molecule has 0 spiro atoms. The molecule has 2 atom stereocenters. The molecule has 4 heteroatoms. The van der Waals surface area contributed by atoms with E-state index in [1.807, 2.05) is 6.07 Å². The molecule has 0 radical (unpaired) electrons. The second-order valence-electron chi connectivity index (χ2n) is 3.24. The molecule has 0 aliphatic carbocycles. The van der Waals surface area contributed by atoms with Crippen LogP contribution in [-0.4, -0.2) is 12.6 Å². The minimum absolute atomic E-state index is 0.116. The average molecular weight is 262 g/mol. The summed E-state index contributed by atoms with van der Waals surface area (Å²) in [7, 11) is 0. The molecule has 1 aliphatic heterocycles. The van der Waals surface area contributed by atoms with Gasteiger partial charge in [-0.3, -0.25) is 0 Å². The minimum atomic E-state index is 0.116. The monoisotopic (exact) mass is 261 g/mol. The summed E-state index contributed by atoms with van der Waals surface area (Å²) in [5.41, 5.74) is 5.99. The highest BCUT2D eigenvalue weighted by Gasteiger charge is 2.25. The number of hydrogen-bond acceptors (Lipinski definition) is 3. The molecule has 72 valence electrons. The molecule has 0 bridgehead atoms. The number of ether oxygens (including phenoxy) is 1. The van der Waals surface area contributed by atoms with E-state index in [9.17, 15) is 0 Å². The Kier molecular flexibility index (Phi) is 3.03. The third-order valence-corrected chi connectivity index (χ3v) is 3.93. The maximum atomic E-state index is 5.99. The molecule has 2 heterocycles. The van der Waals surface area contributed by atoms with Gasteiger partial charge in [0.25, 0.3) is 0 Å². The molecule has 1 aliphatic rings. The Hall–Kier alpha value is 0.1000. The normalized spacial score (nSPS) is 29.1. The average Bonchev–Trinajstić information content (AvgIpc) is 2.53. The fourth-order valence-corrected chi connectivity index (χ4v) is 3.13. The lowest BCUT2D eigenvalue weighted by atomic mass is 10.0. The standard InChI is InChI=1S/C9H12BrNOS/c10-8-4-3-7(13-8)9-6(11)2-1-5-12-9/h3-4,6,9H,1-2,5,11H2. The van der Waals surface area contributed by atoms with Crippen LogP contribution in [0.25, 0.3) is 0 Å². The summed E-state index contributed by atoms with van der Waals surface area (Å²) in [5.74, 6) is 0. The number of rotatable bonds is 1. The van der Waals surface area contributed by atoms with Gasteiger partial charge in [0, 0.05) is 17.5 Å². The number of nitrogens with two attached hydrogens (primary N) is 1. The Morgan fingerprint density at radius 3 is 3.00 bits per heavy atom. The Labute approximate surface area is 90.2 Å². The van der Waals surface area contributed by atoms with E-state index in [1.54, 1.807) is 11.3 Å². The van der Waals surface area contributed by atoms with Crippen molar-refractivity contribution in [3.05, 3.63) is 20.8 Å². The van der Waals surface area contributed by atoms with Crippen molar-refractivity contribution in [3.8, 4) is 0 Å². The molecule has 0 aromatic carbocycles. The van der Waals surface area contributed by atoms with Crippen LogP contribution in [0.4, 0.5) is 0 Å². The molecule has 2 unspecified atom stereocenters. The summed E-state index contributed by atoms with van der Waals surface area (Å²) < 4.78 is 6.80. The van der Waals surface area contributed by atoms with Crippen LogP contribution < -0.4 is 5.73 Å². The van der Waals surface area contributed by atoms with Crippen LogP contribution in [0.15, 0.2) is 15.9 Å². The zero-order valence-corrected chi connectivity index (χ0v) is 9.61. The highest BCUT2D eigenvalue weighted by molar-refractivity contribution is 9.11. The summed E-state index contributed by atoms with van der Waals surface area (Å²) in [6.07, 6.45) is 2.27. The third kappa shape index (κ3) is 2.13. The first-order valence-corrected chi connectivity index (χ1v) is 6.01. The van der Waals surface area contributed by atoms with Gasteiger partial charge in [-0.25, -0.2) is 0 Å². The SMILES string of the molecule is NC1CCCOC1c1ccc(Br)s1. The maximum Gasteiger partial charge on any atom is 0.107 e. The molecule has 2 N–H and O–H groups in total. The van der Waals surface area contributed by atoms with E-state index in [0.717, 1.165) is 23.2 Å². The van der Waals surface area contributed by atoms with Crippen molar-refractivity contribution in [1.29, 1.82) is 0 Å². The van der Waals surface area contributed by atoms with Gasteiger partial charge in [0.1, 0.15) is 6.10 Å². The number of halogens is 1. The van der Waals surface area contributed by atoms with Crippen LogP contribution in [0, 0.1) is 0 Å². The van der Waals surface area contributed by atoms with E-state index < -0.39 is 0 Å². The fraction of sp³-hybridized carbons (Fsp3) is 0.556. The van der Waals surface area contributed by atoms with Crippen molar-refractivity contribution < 1.29 is 4.74 Å². The van der Waals surface area contributed by atoms with Gasteiger partial charge in [-0.2, -0.15) is 0 Å². The van der Waals surface area contributed by atoms with Crippen molar-refractivity contribution in [2.24, 2.45) is 5.73 Å². The first kappa shape index (κ1) is 9.65. The van der Waals surface area contributed by atoms with Crippen LogP contribution in [0.3, 0.4) is 0 Å². The van der Waals surface area contributed by atoms with Crippen LogP contribution in [0.5, 0.6) is 0 Å². The number of hydrogen-bond donors (Lipinski definition) is 1. The van der Waals surface area contributed by atoms with Gasteiger partial charge in [-0.05, 0) is 40.9 Å². The van der Waals surface area contributed by atoms with Crippen molar-refractivity contribution in [1.82, 2.24) is 0 Å². The molecule has 1 saturated heterocycles. The lowest BCUT2D eigenvalue weighted by molar-refractivity contribution is 0.00235. The van der Waals surface area contributed by atoms with Crippen LogP contribution in [-0.2, 0) is 4.74 Å². The zero-order chi connectivity index (χ0) is 9.26. The molecular weight excluding hydrogens is 250 g/mol. The van der Waals surface area contributed by atoms with Crippen molar-refractivity contribution >= 4 is 27.3 Å². The van der Waals surface area contributed by atoms with E-state index in [-0.39, 0.29) is 12.1 Å². The lowest BCUT2D eigenvalue weighted by Gasteiger charge is -2.27. The van der Waals surface area contributed by atoms with Gasteiger partial charge in [-0.1, -0.05) is 0 Å². The predicted octanol–water partition coefficient (Wildman–Crippen LogP) is 2.69. The van der Waals surface area contributed by atoms with Crippen molar-refractivity contribution in [3.63, 3.8) is 0 Å². The van der Waals surface area contributed by atoms with E-state index in [1.165, 1.54) is 4.88 Å². The number of thiophene rings is 1. The zero-order valence-electron chi connectivity index (χ0n) is 7.20. The quantitative estimate of drug-likeness (QED) is 0.844. The highest BCUT2D eigenvalue weighted by atomic mass is 79.9. The summed E-state index contributed by atoms with van der Waals surface area (Å²) in [6.45, 7) is 0.841. The molecule has 0 saturated carbocycles. The first-order valence-electron chi connectivity index (χ1n) is 4.40. The Morgan fingerprint density at radius 2 is 2.38 bits per heavy atom. The molecule has 1 aromatic heterocycles. The topological polar surface area (TPSA) is 35.2 Å². The predicted molar refractivity (Wildman–Crippen MR) is 57.9 cm³/mol. The van der Waals surface area contributed by atoms with Gasteiger partial charge >= 0.3 is 0 Å². The van der Waals surface area contributed by atoms with E-state index in [4.69, 9.17) is 10.5 Å². The second-order valence-corrected chi connectivity index (χ2v) is 5.73. The van der Waals surface area contributed by atoms with E-state index in [0.29, 0.717) is 0 Å². The van der Waals surface area contributed by atoms with Gasteiger partial charge in [0.2, 0.25) is 0 Å². The van der Waals surface area contributed by atoms with E-state index >= 15 is 0 Å². The lowest BCUT2D eigenvalue weighted by Crippen LogP contribution is -2.33. The van der Waals surface area contributed by atoms with Gasteiger partial charge < -0.3 is 10.5 Å².